The number of fused-ring (bicyclic) bond motifs is 3. The van der Waals surface area contributed by atoms with E-state index in [4.69, 9.17) is 9.47 Å². The van der Waals surface area contributed by atoms with Crippen LogP contribution in [0.1, 0.15) is 60.3 Å². The van der Waals surface area contributed by atoms with Gasteiger partial charge in [-0.05, 0) is 90.3 Å². The Balaban J connectivity index is 1.32. The smallest absolute Gasteiger partial charge is 0.417 e. The van der Waals surface area contributed by atoms with Gasteiger partial charge in [0.2, 0.25) is 0 Å². The van der Waals surface area contributed by atoms with Crippen LogP contribution in [-0.2, 0) is 18.0 Å². The number of hydrogen-bond acceptors (Lipinski definition) is 5. The third kappa shape index (κ3) is 5.66. The first-order valence-corrected chi connectivity index (χ1v) is 14.0. The van der Waals surface area contributed by atoms with Gasteiger partial charge in [-0.2, -0.15) is 13.2 Å². The van der Waals surface area contributed by atoms with Crippen LogP contribution in [0.25, 0.3) is 5.57 Å². The SMILES string of the molecule is CCN(CC)CCOc1ccc2c(c1)C(C)(C)C1=C(C2=O)c2ccc(NC(=O)Oc3cccc(C(F)(F)F)c3)cc2C1. The van der Waals surface area contributed by atoms with Crippen LogP contribution >= 0.6 is 0 Å². The number of allylic oxidation sites excluding steroid dienone is 2. The summed E-state index contributed by atoms with van der Waals surface area (Å²) in [5.41, 5.74) is 4.00. The van der Waals surface area contributed by atoms with Crippen molar-refractivity contribution in [3.8, 4) is 11.5 Å². The minimum atomic E-state index is -4.55. The maximum Gasteiger partial charge on any atom is 0.417 e. The molecule has 3 aromatic carbocycles. The van der Waals surface area contributed by atoms with Gasteiger partial charge < -0.3 is 14.4 Å². The molecular formula is C33H33F3N2O4. The molecule has 0 atom stereocenters. The number of Topliss-reactive ketones (excluding diaryl/α,β-unsaturated/α-hetero) is 1. The standard InChI is InChI=1S/C33H33F3N2O4/c1-5-38(6-2)14-15-41-23-11-13-26-27(19-23)32(3,4)28-17-20-16-22(10-12-25(20)29(28)30(26)39)37-31(40)42-24-9-7-8-21(18-24)33(34,35)36/h7-13,16,18-19H,5-6,14-15,17H2,1-4H3,(H,37,40). The van der Waals surface area contributed by atoms with Gasteiger partial charge in [-0.15, -0.1) is 0 Å². The van der Waals surface area contributed by atoms with Gasteiger partial charge in [-0.3, -0.25) is 10.1 Å². The summed E-state index contributed by atoms with van der Waals surface area (Å²) in [6.45, 7) is 11.7. The molecule has 220 valence electrons. The van der Waals surface area contributed by atoms with Crippen LogP contribution in [0, 0.1) is 0 Å². The molecule has 3 aromatic rings. The van der Waals surface area contributed by atoms with Gasteiger partial charge in [0.1, 0.15) is 18.1 Å². The number of amides is 1. The molecule has 1 N–H and O–H groups in total. The van der Waals surface area contributed by atoms with Crippen molar-refractivity contribution in [1.29, 1.82) is 0 Å². The first-order chi connectivity index (χ1) is 19.9. The lowest BCUT2D eigenvalue weighted by molar-refractivity contribution is -0.137. The Morgan fingerprint density at radius 3 is 2.43 bits per heavy atom. The van der Waals surface area contributed by atoms with Gasteiger partial charge >= 0.3 is 12.3 Å². The Labute approximate surface area is 243 Å². The molecule has 2 aliphatic carbocycles. The number of nitrogens with one attached hydrogen (secondary N) is 1. The lowest BCUT2D eigenvalue weighted by Crippen LogP contribution is -2.30. The lowest BCUT2D eigenvalue weighted by Gasteiger charge is -2.34. The van der Waals surface area contributed by atoms with E-state index in [1.165, 1.54) is 12.1 Å². The van der Waals surface area contributed by atoms with E-state index in [1.807, 2.05) is 18.2 Å². The number of hydrogen-bond donors (Lipinski definition) is 1. The summed E-state index contributed by atoms with van der Waals surface area (Å²) in [7, 11) is 0. The highest BCUT2D eigenvalue weighted by Crippen LogP contribution is 2.50. The first-order valence-electron chi connectivity index (χ1n) is 14.0. The van der Waals surface area contributed by atoms with Crippen LogP contribution in [0.2, 0.25) is 0 Å². The number of carbonyl (C=O) groups is 2. The number of ether oxygens (including phenoxy) is 2. The average molecular weight is 579 g/mol. The monoisotopic (exact) mass is 578 g/mol. The van der Waals surface area contributed by atoms with E-state index in [9.17, 15) is 22.8 Å². The highest BCUT2D eigenvalue weighted by atomic mass is 19.4. The summed E-state index contributed by atoms with van der Waals surface area (Å²) >= 11 is 0. The number of alkyl halides is 3. The van der Waals surface area contributed by atoms with E-state index in [0.29, 0.717) is 29.9 Å². The number of ketones is 1. The van der Waals surface area contributed by atoms with Crippen molar-refractivity contribution in [3.63, 3.8) is 0 Å². The van der Waals surface area contributed by atoms with Crippen molar-refractivity contribution in [3.05, 3.63) is 94.1 Å². The number of rotatable bonds is 8. The lowest BCUT2D eigenvalue weighted by atomic mass is 9.68. The number of halogens is 3. The van der Waals surface area contributed by atoms with E-state index < -0.39 is 23.2 Å². The summed E-state index contributed by atoms with van der Waals surface area (Å²) in [6.07, 6.45) is -4.94. The minimum Gasteiger partial charge on any atom is -0.492 e. The molecule has 1 amide bonds. The molecule has 0 spiro atoms. The topological polar surface area (TPSA) is 67.9 Å². The molecule has 0 unspecified atom stereocenters. The summed E-state index contributed by atoms with van der Waals surface area (Å²) in [5.74, 6) is 0.465. The van der Waals surface area contributed by atoms with Crippen molar-refractivity contribution in [2.75, 3.05) is 31.6 Å². The third-order valence-electron chi connectivity index (χ3n) is 8.12. The van der Waals surface area contributed by atoms with Gasteiger partial charge in [0.15, 0.2) is 5.78 Å². The van der Waals surface area contributed by atoms with Gasteiger partial charge in [-0.1, -0.05) is 39.8 Å². The summed E-state index contributed by atoms with van der Waals surface area (Å²) in [4.78, 5) is 28.5. The van der Waals surface area contributed by atoms with Crippen LogP contribution in [0.3, 0.4) is 0 Å². The fourth-order valence-electron chi connectivity index (χ4n) is 5.74. The fraction of sp³-hybridized carbons (Fsp3) is 0.333. The molecule has 0 radical (unpaired) electrons. The highest BCUT2D eigenvalue weighted by Gasteiger charge is 2.43. The van der Waals surface area contributed by atoms with Crippen molar-refractivity contribution >= 4 is 23.1 Å². The van der Waals surface area contributed by atoms with Crippen LogP contribution in [0.15, 0.2) is 66.2 Å². The van der Waals surface area contributed by atoms with Crippen molar-refractivity contribution in [2.24, 2.45) is 0 Å². The van der Waals surface area contributed by atoms with Gasteiger partial charge in [-0.25, -0.2) is 4.79 Å². The number of anilines is 1. The second kappa shape index (κ2) is 11.3. The van der Waals surface area contributed by atoms with E-state index in [0.717, 1.165) is 59.8 Å². The molecule has 2 aliphatic rings. The Kier molecular flexibility index (Phi) is 7.90. The second-order valence-electron chi connectivity index (χ2n) is 11.0. The molecule has 0 aromatic heterocycles. The van der Waals surface area contributed by atoms with E-state index in [1.54, 1.807) is 18.2 Å². The van der Waals surface area contributed by atoms with Crippen molar-refractivity contribution in [1.82, 2.24) is 4.90 Å². The number of nitrogens with zero attached hydrogens (tertiary/aromatic N) is 1. The third-order valence-corrected chi connectivity index (χ3v) is 8.12. The van der Waals surface area contributed by atoms with Gasteiger partial charge in [0, 0.05) is 28.8 Å². The van der Waals surface area contributed by atoms with Crippen LogP contribution < -0.4 is 14.8 Å². The van der Waals surface area contributed by atoms with Gasteiger partial charge in [0.05, 0.1) is 5.56 Å². The average Bonchev–Trinajstić information content (AvgIpc) is 3.34. The first kappa shape index (κ1) is 29.4. The van der Waals surface area contributed by atoms with E-state index in [-0.39, 0.29) is 11.5 Å². The summed E-state index contributed by atoms with van der Waals surface area (Å²) in [6, 6.07) is 15.0. The zero-order chi connectivity index (χ0) is 30.2. The molecule has 0 saturated carbocycles. The Morgan fingerprint density at radius 1 is 0.976 bits per heavy atom. The maximum atomic E-state index is 13.7. The minimum absolute atomic E-state index is 0.0440. The predicted molar refractivity (Wildman–Crippen MR) is 155 cm³/mol. The second-order valence-corrected chi connectivity index (χ2v) is 11.0. The molecule has 0 aliphatic heterocycles. The molecule has 6 nitrogen and oxygen atoms in total. The summed E-state index contributed by atoms with van der Waals surface area (Å²) in [5, 5.41) is 2.59. The quantitative estimate of drug-likeness (QED) is 0.300. The molecule has 0 saturated heterocycles. The zero-order valence-corrected chi connectivity index (χ0v) is 24.0. The molecule has 0 bridgehead atoms. The predicted octanol–water partition coefficient (Wildman–Crippen LogP) is 7.52. The van der Waals surface area contributed by atoms with E-state index >= 15 is 0 Å². The van der Waals surface area contributed by atoms with Crippen LogP contribution in [0.4, 0.5) is 23.7 Å². The van der Waals surface area contributed by atoms with Gasteiger partial charge in [0.25, 0.3) is 0 Å². The molecular weight excluding hydrogens is 545 g/mol. The number of benzene rings is 3. The molecule has 5 rings (SSSR count). The molecule has 0 fully saturated rings. The number of carbonyl (C=O) groups excluding carboxylic acids is 2. The molecule has 0 heterocycles. The zero-order valence-electron chi connectivity index (χ0n) is 24.0. The van der Waals surface area contributed by atoms with Crippen LogP contribution in [-0.4, -0.2) is 43.0 Å². The van der Waals surface area contributed by atoms with Crippen LogP contribution in [0.5, 0.6) is 11.5 Å². The van der Waals surface area contributed by atoms with Crippen molar-refractivity contribution < 1.29 is 32.2 Å². The Bertz CT molecular complexity index is 1570. The largest absolute Gasteiger partial charge is 0.492 e. The fourth-order valence-corrected chi connectivity index (χ4v) is 5.74. The summed E-state index contributed by atoms with van der Waals surface area (Å²) < 4.78 is 50.2. The van der Waals surface area contributed by atoms with Crippen molar-refractivity contribution in [2.45, 2.75) is 45.7 Å². The molecule has 9 heteroatoms. The highest BCUT2D eigenvalue weighted by molar-refractivity contribution is 6.33. The maximum absolute atomic E-state index is 13.7. The normalized spacial score (nSPS) is 15.3. The Morgan fingerprint density at radius 2 is 1.71 bits per heavy atom. The van der Waals surface area contributed by atoms with E-state index in [2.05, 4.69) is 37.9 Å². The Hall–Kier alpha value is -4.11. The number of likely N-dealkylation sites (N-methyl/N-ethyl adjacent to an activating group) is 1. The molecule has 42 heavy (non-hydrogen) atoms.